The van der Waals surface area contributed by atoms with E-state index < -0.39 is 16.0 Å². The van der Waals surface area contributed by atoms with Gasteiger partial charge in [-0.2, -0.15) is 0 Å². The zero-order valence-corrected chi connectivity index (χ0v) is 15.1. The number of sulfonamides is 1. The van der Waals surface area contributed by atoms with Crippen molar-refractivity contribution in [2.45, 2.75) is 25.3 Å². The molecule has 0 aliphatic heterocycles. The average Bonchev–Trinajstić information content (AvgIpc) is 2.60. The monoisotopic (exact) mass is 359 g/mol. The molecule has 0 unspecified atom stereocenters. The van der Waals surface area contributed by atoms with Crippen molar-refractivity contribution in [3.05, 3.63) is 77.4 Å². The molecule has 0 atom stereocenters. The SMILES string of the molecule is C=CCNS(=O)(=O)c1ccc(C(=O)OCc2cc(C)ccc2C)cc1. The molecule has 0 heterocycles. The van der Waals surface area contributed by atoms with Crippen molar-refractivity contribution < 1.29 is 17.9 Å². The Hall–Kier alpha value is -2.44. The number of nitrogens with one attached hydrogen (secondary N) is 1. The summed E-state index contributed by atoms with van der Waals surface area (Å²) < 4.78 is 31.6. The molecule has 0 aliphatic carbocycles. The van der Waals surface area contributed by atoms with Gasteiger partial charge in [0.1, 0.15) is 6.61 Å². The van der Waals surface area contributed by atoms with Crippen LogP contribution in [0.25, 0.3) is 0 Å². The Bertz CT molecular complexity index is 871. The summed E-state index contributed by atoms with van der Waals surface area (Å²) in [6, 6.07) is 11.6. The van der Waals surface area contributed by atoms with Crippen molar-refractivity contribution in [1.29, 1.82) is 0 Å². The maximum atomic E-state index is 12.1. The first-order chi connectivity index (χ1) is 11.8. The lowest BCUT2D eigenvalue weighted by molar-refractivity contribution is 0.0472. The Morgan fingerprint density at radius 3 is 2.48 bits per heavy atom. The minimum absolute atomic E-state index is 0.0837. The highest BCUT2D eigenvalue weighted by atomic mass is 32.2. The van der Waals surface area contributed by atoms with Gasteiger partial charge in [0.05, 0.1) is 10.5 Å². The van der Waals surface area contributed by atoms with Gasteiger partial charge in [-0.1, -0.05) is 29.8 Å². The number of hydrogen-bond acceptors (Lipinski definition) is 4. The number of rotatable bonds is 7. The molecule has 2 aromatic carbocycles. The van der Waals surface area contributed by atoms with Gasteiger partial charge in [-0.25, -0.2) is 17.9 Å². The third kappa shape index (κ3) is 5.01. The highest BCUT2D eigenvalue weighted by Crippen LogP contribution is 2.15. The van der Waals surface area contributed by atoms with Crippen molar-refractivity contribution >= 4 is 16.0 Å². The molecule has 5 nitrogen and oxygen atoms in total. The Labute approximate surface area is 148 Å². The summed E-state index contributed by atoms with van der Waals surface area (Å²) in [7, 11) is -3.60. The fraction of sp³-hybridized carbons (Fsp3) is 0.211. The van der Waals surface area contributed by atoms with Gasteiger partial charge in [0.2, 0.25) is 10.0 Å². The molecular formula is C19H21NO4S. The molecule has 132 valence electrons. The highest BCUT2D eigenvalue weighted by molar-refractivity contribution is 7.89. The van der Waals surface area contributed by atoms with Crippen LogP contribution in [0, 0.1) is 13.8 Å². The normalized spacial score (nSPS) is 11.1. The van der Waals surface area contributed by atoms with Crippen molar-refractivity contribution in [3.8, 4) is 0 Å². The first-order valence-electron chi connectivity index (χ1n) is 7.77. The van der Waals surface area contributed by atoms with Gasteiger partial charge in [0.15, 0.2) is 0 Å². The number of aryl methyl sites for hydroxylation is 2. The topological polar surface area (TPSA) is 72.5 Å². The highest BCUT2D eigenvalue weighted by Gasteiger charge is 2.14. The van der Waals surface area contributed by atoms with E-state index in [1.54, 1.807) is 0 Å². The van der Waals surface area contributed by atoms with E-state index in [1.807, 2.05) is 32.0 Å². The molecule has 0 aliphatic rings. The Morgan fingerprint density at radius 1 is 1.16 bits per heavy atom. The predicted molar refractivity (Wildman–Crippen MR) is 96.9 cm³/mol. The maximum absolute atomic E-state index is 12.1. The van der Waals surface area contributed by atoms with Crippen LogP contribution in [0.4, 0.5) is 0 Å². The van der Waals surface area contributed by atoms with E-state index in [9.17, 15) is 13.2 Å². The van der Waals surface area contributed by atoms with Gasteiger partial charge in [0.25, 0.3) is 0 Å². The summed E-state index contributed by atoms with van der Waals surface area (Å²) in [5, 5.41) is 0. The second-order valence-electron chi connectivity index (χ2n) is 5.67. The predicted octanol–water partition coefficient (Wildman–Crippen LogP) is 3.12. The molecule has 0 amide bonds. The molecule has 0 bridgehead atoms. The van der Waals surface area contributed by atoms with Crippen LogP contribution >= 0.6 is 0 Å². The van der Waals surface area contributed by atoms with Gasteiger partial charge in [-0.05, 0) is 49.2 Å². The van der Waals surface area contributed by atoms with Gasteiger partial charge >= 0.3 is 5.97 Å². The number of esters is 1. The summed E-state index contributed by atoms with van der Waals surface area (Å²) in [6.07, 6.45) is 1.45. The molecule has 0 spiro atoms. The van der Waals surface area contributed by atoms with Crippen molar-refractivity contribution in [2.24, 2.45) is 0 Å². The smallest absolute Gasteiger partial charge is 0.338 e. The molecule has 6 heteroatoms. The fourth-order valence-corrected chi connectivity index (χ4v) is 3.20. The number of carbonyl (C=O) groups excluding carboxylic acids is 1. The zero-order valence-electron chi connectivity index (χ0n) is 14.3. The first kappa shape index (κ1) is 18.9. The van der Waals surface area contributed by atoms with Gasteiger partial charge < -0.3 is 4.74 Å². The molecule has 25 heavy (non-hydrogen) atoms. The molecule has 2 rings (SSSR count). The van der Waals surface area contributed by atoms with Crippen molar-refractivity contribution in [2.75, 3.05) is 6.54 Å². The molecular weight excluding hydrogens is 338 g/mol. The van der Waals surface area contributed by atoms with E-state index in [1.165, 1.54) is 30.3 Å². The molecule has 2 aromatic rings. The van der Waals surface area contributed by atoms with Crippen molar-refractivity contribution in [1.82, 2.24) is 4.72 Å². The quantitative estimate of drug-likeness (QED) is 0.609. The van der Waals surface area contributed by atoms with E-state index >= 15 is 0 Å². The van der Waals surface area contributed by atoms with E-state index in [2.05, 4.69) is 11.3 Å². The van der Waals surface area contributed by atoms with Crippen LogP contribution < -0.4 is 4.72 Å². The lowest BCUT2D eigenvalue weighted by Crippen LogP contribution is -2.23. The van der Waals surface area contributed by atoms with Crippen molar-refractivity contribution in [3.63, 3.8) is 0 Å². The molecule has 0 saturated carbocycles. The Morgan fingerprint density at radius 2 is 1.84 bits per heavy atom. The minimum Gasteiger partial charge on any atom is -0.457 e. The molecule has 0 aromatic heterocycles. The third-order valence-electron chi connectivity index (χ3n) is 3.68. The Balaban J connectivity index is 2.05. The van der Waals surface area contributed by atoms with Crippen LogP contribution in [0.15, 0.2) is 60.0 Å². The van der Waals surface area contributed by atoms with Gasteiger partial charge in [0, 0.05) is 6.54 Å². The number of hydrogen-bond donors (Lipinski definition) is 1. The molecule has 1 N–H and O–H groups in total. The largest absolute Gasteiger partial charge is 0.457 e. The fourth-order valence-electron chi connectivity index (χ4n) is 2.20. The standard InChI is InChI=1S/C19H21NO4S/c1-4-11-20-25(22,23)18-9-7-16(8-10-18)19(21)24-13-17-12-14(2)5-6-15(17)3/h4-10,12,20H,1,11,13H2,2-3H3. The second-order valence-corrected chi connectivity index (χ2v) is 7.44. The van der Waals surface area contributed by atoms with Crippen LogP contribution in [0.2, 0.25) is 0 Å². The summed E-state index contributed by atoms with van der Waals surface area (Å²) in [4.78, 5) is 12.2. The van der Waals surface area contributed by atoms with E-state index in [-0.39, 0.29) is 18.0 Å². The minimum atomic E-state index is -3.60. The van der Waals surface area contributed by atoms with Crippen LogP contribution in [-0.4, -0.2) is 20.9 Å². The number of carbonyl (C=O) groups is 1. The van der Waals surface area contributed by atoms with Crippen LogP contribution in [0.3, 0.4) is 0 Å². The van der Waals surface area contributed by atoms with E-state index in [0.29, 0.717) is 5.56 Å². The van der Waals surface area contributed by atoms with Crippen LogP contribution in [0.1, 0.15) is 27.0 Å². The molecule has 0 fully saturated rings. The van der Waals surface area contributed by atoms with Gasteiger partial charge in [-0.15, -0.1) is 6.58 Å². The number of benzene rings is 2. The van der Waals surface area contributed by atoms with E-state index in [4.69, 9.17) is 4.74 Å². The summed E-state index contributed by atoms with van der Waals surface area (Å²) >= 11 is 0. The van der Waals surface area contributed by atoms with Crippen LogP contribution in [-0.2, 0) is 21.4 Å². The summed E-state index contributed by atoms with van der Waals surface area (Å²) in [5.41, 5.74) is 3.39. The van der Waals surface area contributed by atoms with Crippen LogP contribution in [0.5, 0.6) is 0 Å². The first-order valence-corrected chi connectivity index (χ1v) is 9.25. The maximum Gasteiger partial charge on any atom is 0.338 e. The lowest BCUT2D eigenvalue weighted by atomic mass is 10.1. The Kier molecular flexibility index (Phi) is 6.12. The third-order valence-corrected chi connectivity index (χ3v) is 5.12. The van der Waals surface area contributed by atoms with Gasteiger partial charge in [-0.3, -0.25) is 0 Å². The zero-order chi connectivity index (χ0) is 18.4. The second kappa shape index (κ2) is 8.09. The molecule has 0 saturated heterocycles. The number of ether oxygens (including phenoxy) is 1. The lowest BCUT2D eigenvalue weighted by Gasteiger charge is -2.09. The summed E-state index contributed by atoms with van der Waals surface area (Å²) in [5.74, 6) is -0.496. The molecule has 0 radical (unpaired) electrons. The average molecular weight is 359 g/mol. The summed E-state index contributed by atoms with van der Waals surface area (Å²) in [6.45, 7) is 7.71. The van der Waals surface area contributed by atoms with E-state index in [0.717, 1.165) is 16.7 Å².